The molecule has 16 atom stereocenters. The first-order valence-corrected chi connectivity index (χ1v) is 27.3. The summed E-state index contributed by atoms with van der Waals surface area (Å²) in [4.78, 5) is 102. The monoisotopic (exact) mass is 1090 g/mol. The van der Waals surface area contributed by atoms with E-state index in [0.717, 1.165) is 55.2 Å². The summed E-state index contributed by atoms with van der Waals surface area (Å²) in [6, 6.07) is -6.40. The summed E-state index contributed by atoms with van der Waals surface area (Å²) in [7, 11) is 0. The van der Waals surface area contributed by atoms with Crippen LogP contribution in [0.4, 0.5) is 0 Å². The van der Waals surface area contributed by atoms with Gasteiger partial charge in [0.1, 0.15) is 60.4 Å². The van der Waals surface area contributed by atoms with Gasteiger partial charge in [0.15, 0.2) is 0 Å². The second kappa shape index (κ2) is 31.5. The zero-order valence-corrected chi connectivity index (χ0v) is 45.0. The molecule has 0 bridgehead atoms. The number of carbonyl (C=O) groups excluding carboxylic acids is 7. The Morgan fingerprint density at radius 2 is 1.34 bits per heavy atom. The molecule has 3 aliphatic rings. The molecular weight excluding hydrogens is 1000 g/mol. The van der Waals surface area contributed by atoms with Crippen molar-refractivity contribution >= 4 is 41.4 Å². The van der Waals surface area contributed by atoms with E-state index in [1.165, 1.54) is 30.7 Å². The molecule has 3 heterocycles. The molecule has 3 saturated heterocycles. The predicted molar refractivity (Wildman–Crippen MR) is 280 cm³/mol. The van der Waals surface area contributed by atoms with E-state index in [1.54, 1.807) is 0 Å². The highest BCUT2D eigenvalue weighted by Crippen LogP contribution is 2.27. The molecule has 3 fully saturated rings. The van der Waals surface area contributed by atoms with Crippen molar-refractivity contribution < 1.29 is 74.4 Å². The van der Waals surface area contributed by atoms with Gasteiger partial charge >= 0.3 is 0 Å². The van der Waals surface area contributed by atoms with E-state index < -0.39 is 146 Å². The summed E-state index contributed by atoms with van der Waals surface area (Å²) in [5.74, 6) is -6.43. The fourth-order valence-corrected chi connectivity index (χ4v) is 10.2. The number of aliphatic hydroxyl groups is 7. The SMILES string of the molecule is CC[C@@H](C)C[C@@H](C)CCCCCCCCC(=O)N[C@H]1C[C@H](O)[C@@H](NCCN)NC(=O)[C@@H]2[C@@H](O)CCN2C(=O)[C@@H]([C@H](O)CCN)NC(=O)[C@H]([C@H](O)[C@@H](O)c2ccc(O)cc2)NC(=O)[C@@H]2C[C@@H](O)CN2C(=O)[C@H]([C@@H](C)O)NC1=O. The second-order valence-corrected chi connectivity index (χ2v) is 21.3. The lowest BCUT2D eigenvalue weighted by Crippen LogP contribution is -2.65. The number of carbonyl (C=O) groups is 7. The second-order valence-electron chi connectivity index (χ2n) is 21.3. The van der Waals surface area contributed by atoms with Gasteiger partial charge in [-0.25, -0.2) is 0 Å². The van der Waals surface area contributed by atoms with Crippen LogP contribution in [0.1, 0.15) is 129 Å². The summed E-state index contributed by atoms with van der Waals surface area (Å²) in [6.07, 6.45) is -6.95. The van der Waals surface area contributed by atoms with Gasteiger partial charge in [0, 0.05) is 45.4 Å². The normalized spacial score (nSPS) is 28.6. The van der Waals surface area contributed by atoms with Gasteiger partial charge in [0.25, 0.3) is 0 Å². The van der Waals surface area contributed by atoms with Crippen molar-refractivity contribution in [2.24, 2.45) is 23.3 Å². The van der Waals surface area contributed by atoms with E-state index in [0.29, 0.717) is 24.7 Å². The minimum absolute atomic E-state index is 0.0257. The highest BCUT2D eigenvalue weighted by Gasteiger charge is 2.49. The number of amides is 7. The molecular formula is C52H88N10O15. The number of fused-ring (bicyclic) bond motifs is 2. The summed E-state index contributed by atoms with van der Waals surface area (Å²) in [6.45, 7) is 6.73. The lowest BCUT2D eigenvalue weighted by atomic mass is 9.91. The van der Waals surface area contributed by atoms with Crippen molar-refractivity contribution in [3.63, 3.8) is 0 Å². The van der Waals surface area contributed by atoms with E-state index in [2.05, 4.69) is 52.7 Å². The van der Waals surface area contributed by atoms with E-state index >= 15 is 0 Å². The molecule has 0 radical (unpaired) electrons. The molecule has 0 spiro atoms. The van der Waals surface area contributed by atoms with Gasteiger partial charge in [0.05, 0.1) is 30.5 Å². The number of nitrogens with two attached hydrogens (primary N) is 2. The Balaban J connectivity index is 1.73. The van der Waals surface area contributed by atoms with Crippen LogP contribution in [0.2, 0.25) is 0 Å². The Morgan fingerprint density at radius 1 is 0.714 bits per heavy atom. The van der Waals surface area contributed by atoms with Gasteiger partial charge in [-0.1, -0.05) is 77.8 Å². The highest BCUT2D eigenvalue weighted by atomic mass is 16.3. The topological polar surface area (TPSA) is 412 Å². The Kier molecular flexibility index (Phi) is 26.4. The maximum absolute atomic E-state index is 14.6. The number of phenols is 1. The Bertz CT molecular complexity index is 2070. The van der Waals surface area contributed by atoms with Gasteiger partial charge in [-0.2, -0.15) is 0 Å². The molecule has 0 aliphatic carbocycles. The number of aromatic hydroxyl groups is 1. The van der Waals surface area contributed by atoms with Crippen LogP contribution in [0.15, 0.2) is 24.3 Å². The molecule has 436 valence electrons. The highest BCUT2D eigenvalue weighted by molar-refractivity contribution is 5.98. The molecule has 0 aromatic heterocycles. The van der Waals surface area contributed by atoms with Crippen LogP contribution in [0.25, 0.3) is 0 Å². The van der Waals surface area contributed by atoms with Crippen molar-refractivity contribution in [3.05, 3.63) is 29.8 Å². The number of rotatable bonds is 23. The third-order valence-electron chi connectivity index (χ3n) is 14.9. The van der Waals surface area contributed by atoms with E-state index in [4.69, 9.17) is 11.5 Å². The minimum Gasteiger partial charge on any atom is -0.508 e. The minimum atomic E-state index is -2.28. The lowest BCUT2D eigenvalue weighted by Gasteiger charge is -2.35. The Labute approximate surface area is 450 Å². The van der Waals surface area contributed by atoms with Crippen LogP contribution in [-0.2, 0) is 33.6 Å². The van der Waals surface area contributed by atoms with Crippen molar-refractivity contribution in [1.29, 1.82) is 0 Å². The van der Waals surface area contributed by atoms with Crippen LogP contribution in [0.5, 0.6) is 5.75 Å². The molecule has 25 nitrogen and oxygen atoms in total. The van der Waals surface area contributed by atoms with Gasteiger partial charge in [-0.05, 0) is 68.7 Å². The van der Waals surface area contributed by atoms with Crippen molar-refractivity contribution in [2.75, 3.05) is 32.7 Å². The van der Waals surface area contributed by atoms with Crippen LogP contribution in [-0.4, -0.2) is 204 Å². The number of phenolic OH excluding ortho intramolecular Hbond substituents is 1. The van der Waals surface area contributed by atoms with Crippen molar-refractivity contribution in [3.8, 4) is 5.75 Å². The molecule has 77 heavy (non-hydrogen) atoms. The number of aliphatic hydroxyl groups excluding tert-OH is 7. The van der Waals surface area contributed by atoms with Gasteiger partial charge in [-0.3, -0.25) is 38.9 Å². The molecule has 1 aromatic rings. The Morgan fingerprint density at radius 3 is 1.97 bits per heavy atom. The van der Waals surface area contributed by atoms with Crippen molar-refractivity contribution in [2.45, 2.75) is 203 Å². The molecule has 4 rings (SSSR count). The molecule has 3 aliphatic heterocycles. The largest absolute Gasteiger partial charge is 0.508 e. The fraction of sp³-hybridized carbons (Fsp3) is 0.750. The number of hydrogen-bond donors (Lipinski definition) is 16. The van der Waals surface area contributed by atoms with Gasteiger partial charge < -0.3 is 88.7 Å². The van der Waals surface area contributed by atoms with Gasteiger partial charge in [-0.15, -0.1) is 0 Å². The first-order valence-electron chi connectivity index (χ1n) is 27.3. The third-order valence-corrected chi connectivity index (χ3v) is 14.9. The summed E-state index contributed by atoms with van der Waals surface area (Å²) in [5.41, 5.74) is 11.5. The molecule has 25 heteroatoms. The van der Waals surface area contributed by atoms with Crippen LogP contribution in [0.3, 0.4) is 0 Å². The zero-order chi connectivity index (χ0) is 57.1. The maximum atomic E-state index is 14.6. The smallest absolute Gasteiger partial charge is 0.248 e. The number of unbranched alkanes of at least 4 members (excludes halogenated alkanes) is 5. The molecule has 7 amide bonds. The van der Waals surface area contributed by atoms with Gasteiger partial charge in [0.2, 0.25) is 41.4 Å². The zero-order valence-electron chi connectivity index (χ0n) is 45.0. The predicted octanol–water partition coefficient (Wildman–Crippen LogP) is -3.31. The molecule has 0 saturated carbocycles. The van der Waals surface area contributed by atoms with E-state index in [9.17, 15) is 74.4 Å². The number of hydrogen-bond acceptors (Lipinski definition) is 18. The molecule has 1 aromatic carbocycles. The number of benzene rings is 1. The first-order chi connectivity index (χ1) is 36.5. The van der Waals surface area contributed by atoms with E-state index in [1.807, 2.05) is 0 Å². The first kappa shape index (κ1) is 64.4. The maximum Gasteiger partial charge on any atom is 0.248 e. The lowest BCUT2D eigenvalue weighted by molar-refractivity contribution is -0.148. The number of nitrogens with one attached hydrogen (secondary N) is 6. The number of nitrogens with zero attached hydrogens (tertiary/aromatic N) is 2. The van der Waals surface area contributed by atoms with Crippen LogP contribution in [0, 0.1) is 11.8 Å². The molecule has 0 unspecified atom stereocenters. The van der Waals surface area contributed by atoms with Crippen LogP contribution < -0.4 is 43.4 Å². The van der Waals surface area contributed by atoms with E-state index in [-0.39, 0.29) is 56.8 Å². The standard InChI is InChI=1S/C52H88N10O15/c1-5-28(2)24-29(3)12-10-8-6-7-9-11-13-39(69)56-34-26-38(68)46(55-22-21-54)60-50(75)43-37(67)19-23-61(43)52(77)41(36(66)18-20-53)58-49(74)42(45(71)44(70)31-14-16-32(64)17-15-31)59-48(73)35-25-33(65)27-62(35)51(76)40(30(4)63)57-47(34)72/h14-17,28-30,33-38,40-46,55,63-68,70-71H,5-13,18-27,53-54H2,1-4H3,(H,56,69)(H,57,72)(H,58,74)(H,59,73)(H,60,75)/t28-,29+,30-,33-,34+,35+,36-,37+,38+,40+,41-,42+,43+,44+,45+,46+/m1/s1. The van der Waals surface area contributed by atoms with Crippen molar-refractivity contribution in [1.82, 2.24) is 41.7 Å². The summed E-state index contributed by atoms with van der Waals surface area (Å²) < 4.78 is 0. The molecule has 18 N–H and O–H groups in total. The average Bonchev–Trinajstić information content (AvgIpc) is 3.99. The Hall–Kier alpha value is -5.09. The fourth-order valence-electron chi connectivity index (χ4n) is 10.2. The van der Waals surface area contributed by atoms with Crippen LogP contribution >= 0.6 is 0 Å². The summed E-state index contributed by atoms with van der Waals surface area (Å²) >= 11 is 0. The summed E-state index contributed by atoms with van der Waals surface area (Å²) in [5, 5.41) is 104. The quantitative estimate of drug-likeness (QED) is 0.0477. The average molecular weight is 1090 g/mol. The third kappa shape index (κ3) is 18.8.